The number of nitrogens with zero attached hydrogens (tertiary/aromatic N) is 2. The van der Waals surface area contributed by atoms with Gasteiger partial charge in [0.05, 0.1) is 21.0 Å². The topological polar surface area (TPSA) is 73.2 Å². The van der Waals surface area contributed by atoms with E-state index in [4.69, 9.17) is 23.2 Å². The van der Waals surface area contributed by atoms with Crippen LogP contribution in [-0.2, 0) is 10.0 Å². The summed E-state index contributed by atoms with van der Waals surface area (Å²) in [6.45, 7) is 1.33. The van der Waals surface area contributed by atoms with Crippen molar-refractivity contribution in [2.75, 3.05) is 20.1 Å². The summed E-state index contributed by atoms with van der Waals surface area (Å²) in [6.07, 6.45) is 0.890. The molecule has 1 fully saturated rings. The number of halogens is 2. The highest BCUT2D eigenvalue weighted by molar-refractivity contribution is 7.89. The van der Waals surface area contributed by atoms with Crippen molar-refractivity contribution >= 4 is 33.2 Å². The molecule has 1 aliphatic heterocycles. The predicted octanol–water partition coefficient (Wildman–Crippen LogP) is 2.26. The van der Waals surface area contributed by atoms with Crippen LogP contribution >= 0.6 is 23.2 Å². The fourth-order valence-corrected chi connectivity index (χ4v) is 3.96. The molecule has 1 saturated heterocycles. The molecule has 21 heavy (non-hydrogen) atoms. The van der Waals surface area contributed by atoms with E-state index in [1.54, 1.807) is 0 Å². The quantitative estimate of drug-likeness (QED) is 0.909. The van der Waals surface area contributed by atoms with Gasteiger partial charge in [0.25, 0.3) is 0 Å². The molecule has 0 saturated carbocycles. The average molecular weight is 348 g/mol. The molecule has 0 radical (unpaired) electrons. The van der Waals surface area contributed by atoms with E-state index in [9.17, 15) is 13.7 Å². The summed E-state index contributed by atoms with van der Waals surface area (Å²) in [5.41, 5.74) is -1.07. The number of hydrogen-bond donors (Lipinski definition) is 1. The van der Waals surface area contributed by atoms with Gasteiger partial charge in [0, 0.05) is 13.1 Å². The summed E-state index contributed by atoms with van der Waals surface area (Å²) in [5.74, 6) is 0. The van der Waals surface area contributed by atoms with Crippen molar-refractivity contribution in [1.29, 1.82) is 5.26 Å². The summed E-state index contributed by atoms with van der Waals surface area (Å²) < 4.78 is 27.4. The zero-order valence-electron chi connectivity index (χ0n) is 11.4. The molecule has 114 valence electrons. The molecule has 0 aliphatic carbocycles. The first-order chi connectivity index (χ1) is 9.78. The minimum Gasteiger partial charge on any atom is -0.306 e. The van der Waals surface area contributed by atoms with Gasteiger partial charge in [0.15, 0.2) is 0 Å². The SMILES string of the molecule is CN1CCC(C#N)(NS(=O)(=O)c2ccc(Cl)c(Cl)c2)CC1. The van der Waals surface area contributed by atoms with Crippen LogP contribution in [-0.4, -0.2) is 39.0 Å². The Labute approximate surface area is 134 Å². The van der Waals surface area contributed by atoms with Crippen LogP contribution in [0.5, 0.6) is 0 Å². The maximum Gasteiger partial charge on any atom is 0.242 e. The van der Waals surface area contributed by atoms with E-state index in [1.807, 2.05) is 7.05 Å². The van der Waals surface area contributed by atoms with Gasteiger partial charge >= 0.3 is 0 Å². The number of sulfonamides is 1. The molecular weight excluding hydrogens is 333 g/mol. The molecule has 1 aliphatic rings. The van der Waals surface area contributed by atoms with E-state index >= 15 is 0 Å². The summed E-state index contributed by atoms with van der Waals surface area (Å²) in [4.78, 5) is 2.06. The first kappa shape index (κ1) is 16.5. The van der Waals surface area contributed by atoms with Gasteiger partial charge in [-0.05, 0) is 38.1 Å². The van der Waals surface area contributed by atoms with Gasteiger partial charge in [0.2, 0.25) is 10.0 Å². The number of benzene rings is 1. The van der Waals surface area contributed by atoms with Gasteiger partial charge in [-0.1, -0.05) is 23.2 Å². The van der Waals surface area contributed by atoms with E-state index in [0.717, 1.165) is 0 Å². The van der Waals surface area contributed by atoms with Crippen molar-refractivity contribution < 1.29 is 8.42 Å². The number of likely N-dealkylation sites (tertiary alicyclic amines) is 1. The van der Waals surface area contributed by atoms with E-state index in [0.29, 0.717) is 25.9 Å². The van der Waals surface area contributed by atoms with Crippen LogP contribution in [0.25, 0.3) is 0 Å². The number of hydrogen-bond acceptors (Lipinski definition) is 4. The van der Waals surface area contributed by atoms with E-state index in [-0.39, 0.29) is 14.9 Å². The van der Waals surface area contributed by atoms with E-state index < -0.39 is 15.6 Å². The Morgan fingerprint density at radius 3 is 2.43 bits per heavy atom. The second-order valence-electron chi connectivity index (χ2n) is 5.18. The van der Waals surface area contributed by atoms with Crippen LogP contribution in [0.15, 0.2) is 23.1 Å². The highest BCUT2D eigenvalue weighted by Crippen LogP contribution is 2.27. The third kappa shape index (κ3) is 3.68. The van der Waals surface area contributed by atoms with E-state index in [1.165, 1.54) is 18.2 Å². The first-order valence-corrected chi connectivity index (χ1v) is 8.61. The highest BCUT2D eigenvalue weighted by Gasteiger charge is 2.38. The lowest BCUT2D eigenvalue weighted by molar-refractivity contribution is 0.213. The smallest absolute Gasteiger partial charge is 0.242 e. The molecule has 0 bridgehead atoms. The number of piperidine rings is 1. The third-order valence-electron chi connectivity index (χ3n) is 3.59. The van der Waals surface area contributed by atoms with Gasteiger partial charge in [-0.25, -0.2) is 8.42 Å². The minimum atomic E-state index is -3.82. The fraction of sp³-hybridized carbons (Fsp3) is 0.462. The van der Waals surface area contributed by atoms with Crippen molar-refractivity contribution in [3.05, 3.63) is 28.2 Å². The lowest BCUT2D eigenvalue weighted by atomic mass is 9.91. The molecule has 2 rings (SSSR count). The van der Waals surface area contributed by atoms with Crippen LogP contribution in [0.3, 0.4) is 0 Å². The number of nitriles is 1. The predicted molar refractivity (Wildman–Crippen MR) is 81.9 cm³/mol. The molecule has 5 nitrogen and oxygen atoms in total. The number of nitrogens with one attached hydrogen (secondary N) is 1. The van der Waals surface area contributed by atoms with Crippen molar-refractivity contribution in [3.63, 3.8) is 0 Å². The summed E-state index contributed by atoms with van der Waals surface area (Å²) >= 11 is 11.6. The third-order valence-corrected chi connectivity index (χ3v) is 5.86. The van der Waals surface area contributed by atoms with Crippen molar-refractivity contribution in [2.24, 2.45) is 0 Å². The molecular formula is C13H15Cl2N3O2S. The Morgan fingerprint density at radius 2 is 1.90 bits per heavy atom. The van der Waals surface area contributed by atoms with Crippen LogP contribution in [0.4, 0.5) is 0 Å². The van der Waals surface area contributed by atoms with Crippen molar-refractivity contribution in [3.8, 4) is 6.07 Å². The Bertz CT molecular complexity index is 677. The Morgan fingerprint density at radius 1 is 1.29 bits per heavy atom. The van der Waals surface area contributed by atoms with Crippen LogP contribution in [0.1, 0.15) is 12.8 Å². The fourth-order valence-electron chi connectivity index (χ4n) is 2.20. The summed E-state index contributed by atoms with van der Waals surface area (Å²) in [5, 5.41) is 9.84. The monoisotopic (exact) mass is 347 g/mol. The number of rotatable bonds is 3. The highest BCUT2D eigenvalue weighted by atomic mass is 35.5. The zero-order chi connectivity index (χ0) is 15.7. The lowest BCUT2D eigenvalue weighted by Gasteiger charge is -2.35. The normalized spacial score (nSPS) is 19.1. The van der Waals surface area contributed by atoms with Gasteiger partial charge in [-0.3, -0.25) is 0 Å². The lowest BCUT2D eigenvalue weighted by Crippen LogP contribution is -2.53. The van der Waals surface area contributed by atoms with Crippen LogP contribution in [0.2, 0.25) is 10.0 Å². The Kier molecular flexibility index (Phi) is 4.81. The zero-order valence-corrected chi connectivity index (χ0v) is 13.8. The second-order valence-corrected chi connectivity index (χ2v) is 7.68. The molecule has 1 aromatic carbocycles. The second kappa shape index (κ2) is 6.11. The van der Waals surface area contributed by atoms with Crippen LogP contribution < -0.4 is 4.72 Å². The molecule has 1 N–H and O–H groups in total. The van der Waals surface area contributed by atoms with E-state index in [2.05, 4.69) is 15.7 Å². The van der Waals surface area contributed by atoms with Gasteiger partial charge in [0.1, 0.15) is 5.54 Å². The Balaban J connectivity index is 2.28. The molecule has 0 unspecified atom stereocenters. The minimum absolute atomic E-state index is 0.00505. The maximum atomic E-state index is 12.4. The van der Waals surface area contributed by atoms with Crippen LogP contribution in [0, 0.1) is 11.3 Å². The van der Waals surface area contributed by atoms with Gasteiger partial charge in [-0.2, -0.15) is 9.98 Å². The molecule has 0 amide bonds. The first-order valence-electron chi connectivity index (χ1n) is 6.37. The molecule has 0 atom stereocenters. The average Bonchev–Trinajstić information content (AvgIpc) is 2.44. The molecule has 1 aromatic rings. The largest absolute Gasteiger partial charge is 0.306 e. The standard InChI is InChI=1S/C13H15Cl2N3O2S/c1-18-6-4-13(9-16,5-7-18)17-21(19,20)10-2-3-11(14)12(15)8-10/h2-3,8,17H,4-7H2,1H3. The maximum absolute atomic E-state index is 12.4. The van der Waals surface area contributed by atoms with Gasteiger partial charge < -0.3 is 4.90 Å². The molecule has 0 aromatic heterocycles. The van der Waals surface area contributed by atoms with Gasteiger partial charge in [-0.15, -0.1) is 0 Å². The molecule has 8 heteroatoms. The molecule has 1 heterocycles. The van der Waals surface area contributed by atoms with Crippen molar-refractivity contribution in [1.82, 2.24) is 9.62 Å². The van der Waals surface area contributed by atoms with Crippen molar-refractivity contribution in [2.45, 2.75) is 23.3 Å². The molecule has 0 spiro atoms. The summed E-state index contributed by atoms with van der Waals surface area (Å²) in [6, 6.07) is 6.19. The summed E-state index contributed by atoms with van der Waals surface area (Å²) in [7, 11) is -1.88. The Hall–Kier alpha value is -0.840.